The highest BCUT2D eigenvalue weighted by Crippen LogP contribution is 2.39. The summed E-state index contributed by atoms with van der Waals surface area (Å²) in [6.07, 6.45) is 2.07. The Morgan fingerprint density at radius 2 is 2.10 bits per heavy atom. The number of para-hydroxylation sites is 2. The molecule has 1 saturated carbocycles. The Hall–Kier alpha value is -1.55. The zero-order chi connectivity index (χ0) is 14.8. The zero-order valence-corrected chi connectivity index (χ0v) is 12.5. The molecule has 0 aliphatic heterocycles. The fraction of sp³-hybridized carbons (Fsp3) is 0.562. The van der Waals surface area contributed by atoms with Crippen molar-refractivity contribution in [3.63, 3.8) is 0 Å². The lowest BCUT2D eigenvalue weighted by molar-refractivity contribution is -0.121. The van der Waals surface area contributed by atoms with Crippen LogP contribution in [0.1, 0.15) is 33.6 Å². The maximum Gasteiger partial charge on any atom is 0.244 e. The van der Waals surface area contributed by atoms with Crippen molar-refractivity contribution in [1.82, 2.24) is 0 Å². The Kier molecular flexibility index (Phi) is 4.33. The van der Waals surface area contributed by atoms with Gasteiger partial charge in [0.05, 0.1) is 17.8 Å². The number of nitrogens with one attached hydrogen (secondary N) is 1. The first-order valence-corrected chi connectivity index (χ1v) is 7.23. The third kappa shape index (κ3) is 3.51. The smallest absolute Gasteiger partial charge is 0.244 e. The quantitative estimate of drug-likeness (QED) is 0.839. The highest BCUT2D eigenvalue weighted by molar-refractivity contribution is 5.99. The van der Waals surface area contributed by atoms with E-state index in [0.717, 1.165) is 12.8 Å². The number of rotatable bonds is 6. The summed E-state index contributed by atoms with van der Waals surface area (Å²) in [6, 6.07) is 7.48. The summed E-state index contributed by atoms with van der Waals surface area (Å²) in [6.45, 7) is 6.60. The number of anilines is 1. The molecular weight excluding hydrogens is 252 g/mol. The van der Waals surface area contributed by atoms with Crippen molar-refractivity contribution in [2.24, 2.45) is 17.6 Å². The Morgan fingerprint density at radius 1 is 1.45 bits per heavy atom. The standard InChI is InChI=1S/C16H24N2O2/c1-11(2)10-20-14-7-5-4-6-13(14)18-15(19)16(3,17)12-8-9-12/h4-7,11-12H,8-10,17H2,1-3H3,(H,18,19). The second kappa shape index (κ2) is 5.83. The van der Waals surface area contributed by atoms with Gasteiger partial charge in [-0.25, -0.2) is 0 Å². The van der Waals surface area contributed by atoms with Gasteiger partial charge in [-0.2, -0.15) is 0 Å². The largest absolute Gasteiger partial charge is 0.491 e. The fourth-order valence-corrected chi connectivity index (χ4v) is 2.08. The summed E-state index contributed by atoms with van der Waals surface area (Å²) in [4.78, 5) is 12.3. The van der Waals surface area contributed by atoms with Crippen molar-refractivity contribution >= 4 is 11.6 Å². The minimum Gasteiger partial charge on any atom is -0.491 e. The van der Waals surface area contributed by atoms with Gasteiger partial charge in [-0.1, -0.05) is 26.0 Å². The van der Waals surface area contributed by atoms with Crippen LogP contribution in [0.3, 0.4) is 0 Å². The normalized spacial score (nSPS) is 17.6. The third-order valence-corrected chi connectivity index (χ3v) is 3.62. The van der Waals surface area contributed by atoms with Crippen LogP contribution < -0.4 is 15.8 Å². The molecule has 0 aromatic heterocycles. The van der Waals surface area contributed by atoms with Gasteiger partial charge in [0.15, 0.2) is 0 Å². The average Bonchev–Trinajstić information content (AvgIpc) is 3.22. The second-order valence-electron chi connectivity index (χ2n) is 6.21. The van der Waals surface area contributed by atoms with E-state index < -0.39 is 5.54 Å². The Labute approximate surface area is 120 Å². The molecule has 0 spiro atoms. The van der Waals surface area contributed by atoms with E-state index in [1.165, 1.54) is 0 Å². The maximum absolute atomic E-state index is 12.3. The third-order valence-electron chi connectivity index (χ3n) is 3.62. The van der Waals surface area contributed by atoms with Crippen molar-refractivity contribution in [3.8, 4) is 5.75 Å². The summed E-state index contributed by atoms with van der Waals surface area (Å²) in [5.41, 5.74) is 6.02. The van der Waals surface area contributed by atoms with Crippen molar-refractivity contribution in [2.75, 3.05) is 11.9 Å². The second-order valence-corrected chi connectivity index (χ2v) is 6.21. The van der Waals surface area contributed by atoms with Crippen molar-refractivity contribution in [2.45, 2.75) is 39.2 Å². The van der Waals surface area contributed by atoms with E-state index in [4.69, 9.17) is 10.5 Å². The fourth-order valence-electron chi connectivity index (χ4n) is 2.08. The number of carbonyl (C=O) groups is 1. The van der Waals surface area contributed by atoms with Crippen LogP contribution in [-0.4, -0.2) is 18.1 Å². The van der Waals surface area contributed by atoms with Crippen LogP contribution in [-0.2, 0) is 4.79 Å². The number of ether oxygens (including phenoxy) is 1. The minimum absolute atomic E-state index is 0.138. The van der Waals surface area contributed by atoms with Gasteiger partial charge < -0.3 is 15.8 Å². The lowest BCUT2D eigenvalue weighted by Crippen LogP contribution is -2.50. The molecule has 3 N–H and O–H groups in total. The summed E-state index contributed by atoms with van der Waals surface area (Å²) in [5, 5.41) is 2.91. The molecule has 2 rings (SSSR count). The van der Waals surface area contributed by atoms with E-state index in [2.05, 4.69) is 19.2 Å². The highest BCUT2D eigenvalue weighted by Gasteiger charge is 2.44. The average molecular weight is 276 g/mol. The number of hydrogen-bond acceptors (Lipinski definition) is 3. The molecule has 1 atom stereocenters. The van der Waals surface area contributed by atoms with E-state index in [-0.39, 0.29) is 5.91 Å². The molecule has 20 heavy (non-hydrogen) atoms. The number of nitrogens with two attached hydrogens (primary N) is 1. The van der Waals surface area contributed by atoms with Gasteiger partial charge in [-0.15, -0.1) is 0 Å². The van der Waals surface area contributed by atoms with Crippen LogP contribution in [0, 0.1) is 11.8 Å². The lowest BCUT2D eigenvalue weighted by atomic mass is 9.96. The monoisotopic (exact) mass is 276 g/mol. The summed E-state index contributed by atoms with van der Waals surface area (Å²) < 4.78 is 5.73. The molecule has 1 aliphatic carbocycles. The predicted molar refractivity (Wildman–Crippen MR) is 80.7 cm³/mol. The molecule has 1 fully saturated rings. The molecule has 0 heterocycles. The van der Waals surface area contributed by atoms with Gasteiger partial charge in [0.25, 0.3) is 0 Å². The van der Waals surface area contributed by atoms with Crippen LogP contribution in [0.25, 0.3) is 0 Å². The first-order valence-electron chi connectivity index (χ1n) is 7.23. The van der Waals surface area contributed by atoms with Gasteiger partial charge in [0.2, 0.25) is 5.91 Å². The maximum atomic E-state index is 12.3. The molecule has 1 aliphatic rings. The first-order chi connectivity index (χ1) is 9.41. The summed E-state index contributed by atoms with van der Waals surface area (Å²) in [7, 11) is 0. The van der Waals surface area contributed by atoms with E-state index in [0.29, 0.717) is 29.9 Å². The van der Waals surface area contributed by atoms with Crippen molar-refractivity contribution in [1.29, 1.82) is 0 Å². The van der Waals surface area contributed by atoms with Crippen LogP contribution in [0.5, 0.6) is 5.75 Å². The molecule has 1 unspecified atom stereocenters. The molecule has 110 valence electrons. The topological polar surface area (TPSA) is 64.3 Å². The zero-order valence-electron chi connectivity index (χ0n) is 12.5. The van der Waals surface area contributed by atoms with E-state index in [1.807, 2.05) is 24.3 Å². The minimum atomic E-state index is -0.800. The molecule has 1 amide bonds. The number of carbonyl (C=O) groups excluding carboxylic acids is 1. The molecule has 4 nitrogen and oxygen atoms in total. The summed E-state index contributed by atoms with van der Waals surface area (Å²) >= 11 is 0. The number of hydrogen-bond donors (Lipinski definition) is 2. The Balaban J connectivity index is 2.06. The van der Waals surface area contributed by atoms with Crippen LogP contribution in [0.2, 0.25) is 0 Å². The van der Waals surface area contributed by atoms with Gasteiger partial charge in [0, 0.05) is 0 Å². The van der Waals surface area contributed by atoms with Crippen LogP contribution >= 0.6 is 0 Å². The number of amides is 1. The van der Waals surface area contributed by atoms with Crippen molar-refractivity contribution < 1.29 is 9.53 Å². The Morgan fingerprint density at radius 3 is 2.70 bits per heavy atom. The SMILES string of the molecule is CC(C)COc1ccccc1NC(=O)C(C)(N)C1CC1. The van der Waals surface area contributed by atoms with Gasteiger partial charge in [-0.3, -0.25) is 4.79 Å². The van der Waals surface area contributed by atoms with Gasteiger partial charge >= 0.3 is 0 Å². The van der Waals surface area contributed by atoms with Crippen LogP contribution in [0.4, 0.5) is 5.69 Å². The number of benzene rings is 1. The van der Waals surface area contributed by atoms with E-state index >= 15 is 0 Å². The van der Waals surface area contributed by atoms with Gasteiger partial charge in [-0.05, 0) is 43.7 Å². The van der Waals surface area contributed by atoms with Crippen LogP contribution in [0.15, 0.2) is 24.3 Å². The van der Waals surface area contributed by atoms with Gasteiger partial charge in [0.1, 0.15) is 5.75 Å². The highest BCUT2D eigenvalue weighted by atomic mass is 16.5. The first kappa shape index (κ1) is 14.9. The Bertz CT molecular complexity index is 479. The molecular formula is C16H24N2O2. The lowest BCUT2D eigenvalue weighted by Gasteiger charge is -2.24. The molecule has 4 heteroatoms. The molecule has 0 bridgehead atoms. The molecule has 0 saturated heterocycles. The van der Waals surface area contributed by atoms with E-state index in [9.17, 15) is 4.79 Å². The predicted octanol–water partition coefficient (Wildman–Crippen LogP) is 2.79. The molecule has 1 aromatic rings. The molecule has 0 radical (unpaired) electrons. The summed E-state index contributed by atoms with van der Waals surface area (Å²) in [5.74, 6) is 1.29. The van der Waals surface area contributed by atoms with E-state index in [1.54, 1.807) is 6.92 Å². The molecule has 1 aromatic carbocycles. The van der Waals surface area contributed by atoms with Crippen molar-refractivity contribution in [3.05, 3.63) is 24.3 Å².